The lowest BCUT2D eigenvalue weighted by Crippen LogP contribution is -2.46. The molecule has 1 aromatic carbocycles. The standard InChI is InChI=1S/C17H28ClN3.2ClH/c1-5-13(2)17(21-10-8-19-9-11-21)15-7-6-14(20(3)4)12-16(15)18;;/h6-7,12-13,17,19H,5,8-11H2,1-4H3;2*1H/t13?,17-;;/m1../s1. The zero-order valence-corrected chi connectivity index (χ0v) is 16.9. The molecule has 0 saturated carbocycles. The van der Waals surface area contributed by atoms with Crippen LogP contribution in [-0.4, -0.2) is 45.2 Å². The number of rotatable bonds is 5. The third-order valence-electron chi connectivity index (χ3n) is 4.55. The van der Waals surface area contributed by atoms with Crippen molar-refractivity contribution in [3.05, 3.63) is 28.8 Å². The molecule has 0 aromatic heterocycles. The van der Waals surface area contributed by atoms with E-state index in [0.717, 1.165) is 36.9 Å². The maximum Gasteiger partial charge on any atom is 0.0474 e. The van der Waals surface area contributed by atoms with Crippen LogP contribution in [0.2, 0.25) is 5.02 Å². The van der Waals surface area contributed by atoms with Gasteiger partial charge in [0.1, 0.15) is 0 Å². The minimum absolute atomic E-state index is 0. The van der Waals surface area contributed by atoms with E-state index in [9.17, 15) is 0 Å². The van der Waals surface area contributed by atoms with Gasteiger partial charge in [-0.15, -0.1) is 24.8 Å². The second-order valence-electron chi connectivity index (χ2n) is 6.22. The van der Waals surface area contributed by atoms with Crippen LogP contribution in [0.5, 0.6) is 0 Å². The number of nitrogens with one attached hydrogen (secondary N) is 1. The molecule has 1 aliphatic rings. The fourth-order valence-electron chi connectivity index (χ4n) is 3.08. The molecule has 3 nitrogen and oxygen atoms in total. The summed E-state index contributed by atoms with van der Waals surface area (Å²) in [7, 11) is 4.10. The number of nitrogens with zero attached hydrogens (tertiary/aromatic N) is 2. The van der Waals surface area contributed by atoms with Gasteiger partial charge < -0.3 is 10.2 Å². The summed E-state index contributed by atoms with van der Waals surface area (Å²) < 4.78 is 0. The van der Waals surface area contributed by atoms with Gasteiger partial charge in [-0.1, -0.05) is 37.9 Å². The number of benzene rings is 1. The van der Waals surface area contributed by atoms with Gasteiger partial charge in [0.25, 0.3) is 0 Å². The van der Waals surface area contributed by atoms with E-state index in [4.69, 9.17) is 11.6 Å². The molecule has 0 spiro atoms. The van der Waals surface area contributed by atoms with Crippen LogP contribution in [0.3, 0.4) is 0 Å². The smallest absolute Gasteiger partial charge is 0.0474 e. The van der Waals surface area contributed by atoms with Crippen molar-refractivity contribution in [3.63, 3.8) is 0 Å². The van der Waals surface area contributed by atoms with Gasteiger partial charge in [-0.25, -0.2) is 0 Å². The van der Waals surface area contributed by atoms with Crippen LogP contribution >= 0.6 is 36.4 Å². The van der Waals surface area contributed by atoms with Gasteiger partial charge in [0.2, 0.25) is 0 Å². The first-order valence-corrected chi connectivity index (χ1v) is 8.34. The van der Waals surface area contributed by atoms with Crippen LogP contribution in [0.25, 0.3) is 0 Å². The maximum atomic E-state index is 6.62. The van der Waals surface area contributed by atoms with Crippen molar-refractivity contribution in [2.45, 2.75) is 26.3 Å². The average molecular weight is 383 g/mol. The first kappa shape index (κ1) is 22.8. The monoisotopic (exact) mass is 381 g/mol. The minimum atomic E-state index is 0. The van der Waals surface area contributed by atoms with Crippen LogP contribution in [0.1, 0.15) is 31.9 Å². The highest BCUT2D eigenvalue weighted by Gasteiger charge is 2.28. The summed E-state index contributed by atoms with van der Waals surface area (Å²) in [5, 5.41) is 4.33. The Morgan fingerprint density at radius 1 is 1.22 bits per heavy atom. The van der Waals surface area contributed by atoms with Crippen LogP contribution < -0.4 is 10.2 Å². The Balaban J connectivity index is 0.00000242. The van der Waals surface area contributed by atoms with Crippen LogP contribution in [0.15, 0.2) is 18.2 Å². The predicted octanol–water partition coefficient (Wildman–Crippen LogP) is 4.24. The minimum Gasteiger partial charge on any atom is -0.378 e. The number of hydrogen-bond donors (Lipinski definition) is 1. The molecular formula is C17H30Cl3N3. The van der Waals surface area contributed by atoms with Gasteiger partial charge in [-0.2, -0.15) is 0 Å². The summed E-state index contributed by atoms with van der Waals surface area (Å²) in [5.41, 5.74) is 2.44. The zero-order valence-electron chi connectivity index (χ0n) is 14.5. The maximum absolute atomic E-state index is 6.62. The molecule has 1 aromatic rings. The number of halogens is 3. The first-order valence-electron chi connectivity index (χ1n) is 7.96. The van der Waals surface area contributed by atoms with E-state index >= 15 is 0 Å². The zero-order chi connectivity index (χ0) is 15.4. The topological polar surface area (TPSA) is 18.5 Å². The summed E-state index contributed by atoms with van der Waals surface area (Å²) in [6, 6.07) is 6.91. The third kappa shape index (κ3) is 5.68. The van der Waals surface area contributed by atoms with Gasteiger partial charge >= 0.3 is 0 Å². The molecule has 1 saturated heterocycles. The van der Waals surface area contributed by atoms with E-state index in [1.807, 2.05) is 14.1 Å². The van der Waals surface area contributed by atoms with Crippen molar-refractivity contribution in [2.75, 3.05) is 45.2 Å². The van der Waals surface area contributed by atoms with Gasteiger partial charge in [-0.3, -0.25) is 4.90 Å². The van der Waals surface area contributed by atoms with E-state index in [1.165, 1.54) is 12.0 Å². The lowest BCUT2D eigenvalue weighted by atomic mass is 9.90. The molecule has 0 bridgehead atoms. The fraction of sp³-hybridized carbons (Fsp3) is 0.647. The van der Waals surface area contributed by atoms with Crippen LogP contribution in [0.4, 0.5) is 5.69 Å². The summed E-state index contributed by atoms with van der Waals surface area (Å²) >= 11 is 6.62. The highest BCUT2D eigenvalue weighted by Crippen LogP contribution is 2.36. The Morgan fingerprint density at radius 2 is 1.83 bits per heavy atom. The lowest BCUT2D eigenvalue weighted by molar-refractivity contribution is 0.128. The molecule has 1 aliphatic heterocycles. The summed E-state index contributed by atoms with van der Waals surface area (Å²) in [6.45, 7) is 8.94. The van der Waals surface area contributed by atoms with E-state index < -0.39 is 0 Å². The van der Waals surface area contributed by atoms with Crippen molar-refractivity contribution in [1.82, 2.24) is 10.2 Å². The summed E-state index contributed by atoms with van der Waals surface area (Å²) in [5.74, 6) is 0.603. The normalized spacial score (nSPS) is 17.6. The Hall–Kier alpha value is -0.190. The van der Waals surface area contributed by atoms with Gasteiger partial charge in [0.05, 0.1) is 0 Å². The largest absolute Gasteiger partial charge is 0.378 e. The molecule has 0 radical (unpaired) electrons. The van der Waals surface area contributed by atoms with Crippen molar-refractivity contribution < 1.29 is 0 Å². The number of anilines is 1. The van der Waals surface area contributed by atoms with Crippen molar-refractivity contribution in [1.29, 1.82) is 0 Å². The molecule has 1 N–H and O–H groups in total. The molecule has 2 rings (SSSR count). The lowest BCUT2D eigenvalue weighted by Gasteiger charge is -2.39. The van der Waals surface area contributed by atoms with Crippen LogP contribution in [0, 0.1) is 5.92 Å². The molecule has 2 atom stereocenters. The van der Waals surface area contributed by atoms with Gasteiger partial charge in [-0.05, 0) is 23.6 Å². The van der Waals surface area contributed by atoms with Crippen molar-refractivity contribution in [3.8, 4) is 0 Å². The van der Waals surface area contributed by atoms with E-state index in [2.05, 4.69) is 47.2 Å². The molecular weight excluding hydrogens is 353 g/mol. The van der Waals surface area contributed by atoms with E-state index in [0.29, 0.717) is 12.0 Å². The Kier molecular flexibility index (Phi) is 10.5. The number of piperazine rings is 1. The van der Waals surface area contributed by atoms with Crippen molar-refractivity contribution in [2.24, 2.45) is 5.92 Å². The second-order valence-corrected chi connectivity index (χ2v) is 6.62. The molecule has 1 heterocycles. The molecule has 134 valence electrons. The first-order chi connectivity index (χ1) is 10.0. The highest BCUT2D eigenvalue weighted by atomic mass is 35.5. The molecule has 23 heavy (non-hydrogen) atoms. The number of hydrogen-bond acceptors (Lipinski definition) is 3. The van der Waals surface area contributed by atoms with Crippen LogP contribution in [-0.2, 0) is 0 Å². The van der Waals surface area contributed by atoms with Gasteiger partial charge in [0, 0.05) is 57.0 Å². The molecule has 0 amide bonds. The van der Waals surface area contributed by atoms with E-state index in [1.54, 1.807) is 0 Å². The second kappa shape index (κ2) is 10.6. The molecule has 6 heteroatoms. The quantitative estimate of drug-likeness (QED) is 0.821. The molecule has 1 unspecified atom stereocenters. The Labute approximate surface area is 158 Å². The Morgan fingerprint density at radius 3 is 2.30 bits per heavy atom. The SMILES string of the molecule is CCC(C)[C@H](c1ccc(N(C)C)cc1Cl)N1CCNCC1.Cl.Cl. The summed E-state index contributed by atoms with van der Waals surface area (Å²) in [4.78, 5) is 4.68. The van der Waals surface area contributed by atoms with Crippen molar-refractivity contribution >= 4 is 42.1 Å². The fourth-order valence-corrected chi connectivity index (χ4v) is 3.37. The predicted molar refractivity (Wildman–Crippen MR) is 107 cm³/mol. The highest BCUT2D eigenvalue weighted by molar-refractivity contribution is 6.31. The summed E-state index contributed by atoms with van der Waals surface area (Å²) in [6.07, 6.45) is 1.17. The Bertz CT molecular complexity index is 462. The van der Waals surface area contributed by atoms with E-state index in [-0.39, 0.29) is 24.8 Å². The average Bonchev–Trinajstić information content (AvgIpc) is 2.49. The molecule has 0 aliphatic carbocycles. The third-order valence-corrected chi connectivity index (χ3v) is 4.87. The van der Waals surface area contributed by atoms with Gasteiger partial charge in [0.15, 0.2) is 0 Å². The molecule has 1 fully saturated rings.